The molecule has 0 N–H and O–H groups in total. The number of hydrogen-bond donors (Lipinski definition) is 0. The van der Waals surface area contributed by atoms with Crippen LogP contribution < -0.4 is 0 Å². The lowest BCUT2D eigenvalue weighted by Crippen LogP contribution is -2.23. The number of carbonyl (C=O) groups excluding carboxylic acids is 1. The minimum Gasteiger partial charge on any atom is -0.297 e. The molecule has 1 atom stereocenters. The first-order chi connectivity index (χ1) is 9.56. The van der Waals surface area contributed by atoms with E-state index in [1.54, 1.807) is 6.21 Å². The average molecular weight is 298 g/mol. The summed E-state index contributed by atoms with van der Waals surface area (Å²) in [5.74, 6) is -3.53. The van der Waals surface area contributed by atoms with Crippen molar-refractivity contribution in [3.63, 3.8) is 0 Å². The summed E-state index contributed by atoms with van der Waals surface area (Å²) < 4.78 is 40.2. The van der Waals surface area contributed by atoms with Crippen molar-refractivity contribution in [2.75, 3.05) is 6.54 Å². The second-order valence-electron chi connectivity index (χ2n) is 4.57. The monoisotopic (exact) mass is 298 g/mol. The number of aliphatic imine (C=N–C) groups is 1. The van der Waals surface area contributed by atoms with Gasteiger partial charge in [0.15, 0.2) is 17.4 Å². The Bertz CT molecular complexity index is 726. The van der Waals surface area contributed by atoms with E-state index in [0.717, 1.165) is 11.3 Å². The summed E-state index contributed by atoms with van der Waals surface area (Å²) in [5.41, 5.74) is -0.306. The Morgan fingerprint density at radius 2 is 2.10 bits per heavy atom. The molecule has 1 aliphatic heterocycles. The quantitative estimate of drug-likeness (QED) is 0.800. The number of Topliss-reactive ketones (excluding diaryl/α,β-unsaturated/α-hetero) is 1. The Hall–Kier alpha value is -1.76. The first-order valence-electron chi connectivity index (χ1n) is 6.00. The van der Waals surface area contributed by atoms with Gasteiger partial charge < -0.3 is 0 Å². The van der Waals surface area contributed by atoms with Crippen LogP contribution in [0.3, 0.4) is 0 Å². The van der Waals surface area contributed by atoms with Crippen LogP contribution >= 0.6 is 11.3 Å². The van der Waals surface area contributed by atoms with Crippen LogP contribution in [0, 0.1) is 23.4 Å². The zero-order chi connectivity index (χ0) is 14.3. The number of benzene rings is 1. The van der Waals surface area contributed by atoms with Crippen LogP contribution in [0.15, 0.2) is 11.1 Å². The molecule has 20 heavy (non-hydrogen) atoms. The molecule has 0 amide bonds. The number of rotatable bonds is 2. The molecule has 0 aliphatic carbocycles. The molecule has 1 unspecified atom stereocenters. The van der Waals surface area contributed by atoms with E-state index < -0.39 is 17.5 Å². The third-order valence-electron chi connectivity index (χ3n) is 3.20. The third kappa shape index (κ3) is 2.22. The molecule has 104 valence electrons. The Morgan fingerprint density at radius 1 is 1.30 bits per heavy atom. The van der Waals surface area contributed by atoms with Crippen molar-refractivity contribution in [1.82, 2.24) is 4.98 Å². The van der Waals surface area contributed by atoms with Gasteiger partial charge >= 0.3 is 0 Å². The Morgan fingerprint density at radius 3 is 2.85 bits per heavy atom. The molecule has 0 saturated heterocycles. The summed E-state index contributed by atoms with van der Waals surface area (Å²) in [6.45, 7) is 0.132. The molecule has 0 radical (unpaired) electrons. The molecule has 1 aromatic carbocycles. The van der Waals surface area contributed by atoms with Crippen LogP contribution in [0.2, 0.25) is 0 Å². The summed E-state index contributed by atoms with van der Waals surface area (Å²) in [6.07, 6.45) is 2.46. The van der Waals surface area contributed by atoms with Gasteiger partial charge in [0.25, 0.3) is 0 Å². The van der Waals surface area contributed by atoms with Gasteiger partial charge in [-0.2, -0.15) is 0 Å². The molecule has 7 heteroatoms. The molecular formula is C13H9F3N2OS. The molecule has 1 aliphatic rings. The normalized spacial score (nSPS) is 18.9. The fraction of sp³-hybridized carbons (Fsp3) is 0.308. The van der Waals surface area contributed by atoms with E-state index in [2.05, 4.69) is 9.98 Å². The molecule has 3 nitrogen and oxygen atoms in total. The maximum absolute atomic E-state index is 13.6. The SMILES string of the molecule is O=C1CN=CCC1Cc1nc2c(F)c(F)cc(F)c2s1. The number of ketones is 1. The zero-order valence-corrected chi connectivity index (χ0v) is 11.0. The number of nitrogens with zero attached hydrogens (tertiary/aromatic N) is 2. The highest BCUT2D eigenvalue weighted by atomic mass is 32.1. The number of aromatic nitrogens is 1. The topological polar surface area (TPSA) is 42.3 Å². The first-order valence-corrected chi connectivity index (χ1v) is 6.82. The van der Waals surface area contributed by atoms with Gasteiger partial charge in [0.2, 0.25) is 0 Å². The fourth-order valence-corrected chi connectivity index (χ4v) is 3.19. The lowest BCUT2D eigenvalue weighted by Gasteiger charge is -2.13. The highest BCUT2D eigenvalue weighted by Gasteiger charge is 2.23. The lowest BCUT2D eigenvalue weighted by molar-refractivity contribution is -0.121. The van der Waals surface area contributed by atoms with Gasteiger partial charge in [-0.1, -0.05) is 0 Å². The van der Waals surface area contributed by atoms with E-state index in [-0.39, 0.29) is 28.5 Å². The molecule has 0 spiro atoms. The fourth-order valence-electron chi connectivity index (χ4n) is 2.14. The standard InChI is InChI=1S/C13H9F3N2OS/c14-7-4-8(15)13-12(11(7)16)18-10(20-13)3-6-1-2-17-5-9(6)19/h2,4,6H,1,3,5H2. The van der Waals surface area contributed by atoms with E-state index in [1.807, 2.05) is 0 Å². The van der Waals surface area contributed by atoms with E-state index in [4.69, 9.17) is 0 Å². The number of fused-ring (bicyclic) bond motifs is 1. The summed E-state index contributed by atoms with van der Waals surface area (Å²) in [5, 5.41) is 0.428. The van der Waals surface area contributed by atoms with Crippen molar-refractivity contribution in [3.8, 4) is 0 Å². The van der Waals surface area contributed by atoms with Crippen LogP contribution in [0.4, 0.5) is 13.2 Å². The molecule has 2 aromatic rings. The Kier molecular flexibility index (Phi) is 3.29. The van der Waals surface area contributed by atoms with Crippen LogP contribution in [0.5, 0.6) is 0 Å². The summed E-state index contributed by atoms with van der Waals surface area (Å²) in [4.78, 5) is 19.5. The third-order valence-corrected chi connectivity index (χ3v) is 4.29. The summed E-state index contributed by atoms with van der Waals surface area (Å²) in [7, 11) is 0. The highest BCUT2D eigenvalue weighted by Crippen LogP contribution is 2.30. The Balaban J connectivity index is 1.97. The van der Waals surface area contributed by atoms with E-state index in [1.165, 1.54) is 0 Å². The average Bonchev–Trinajstić information content (AvgIpc) is 2.83. The van der Waals surface area contributed by atoms with Gasteiger partial charge in [-0.3, -0.25) is 9.79 Å². The number of carbonyl (C=O) groups is 1. The number of thiazole rings is 1. The van der Waals surface area contributed by atoms with E-state index >= 15 is 0 Å². The van der Waals surface area contributed by atoms with Crippen molar-refractivity contribution < 1.29 is 18.0 Å². The molecule has 0 saturated carbocycles. The van der Waals surface area contributed by atoms with Crippen molar-refractivity contribution in [3.05, 3.63) is 28.5 Å². The second kappa shape index (κ2) is 4.97. The van der Waals surface area contributed by atoms with Crippen molar-refractivity contribution in [1.29, 1.82) is 0 Å². The molecular weight excluding hydrogens is 289 g/mol. The van der Waals surface area contributed by atoms with Crippen LogP contribution in [0.25, 0.3) is 10.2 Å². The van der Waals surface area contributed by atoms with E-state index in [0.29, 0.717) is 23.9 Å². The van der Waals surface area contributed by atoms with Crippen LogP contribution in [0.1, 0.15) is 11.4 Å². The maximum atomic E-state index is 13.6. The van der Waals surface area contributed by atoms with Crippen LogP contribution in [-0.2, 0) is 11.2 Å². The second-order valence-corrected chi connectivity index (χ2v) is 5.65. The van der Waals surface area contributed by atoms with E-state index in [9.17, 15) is 18.0 Å². The molecule has 3 rings (SSSR count). The number of hydrogen-bond acceptors (Lipinski definition) is 4. The van der Waals surface area contributed by atoms with Gasteiger partial charge in [-0.05, 0) is 12.6 Å². The van der Waals surface area contributed by atoms with Gasteiger partial charge in [0, 0.05) is 18.4 Å². The smallest absolute Gasteiger partial charge is 0.186 e. The van der Waals surface area contributed by atoms with Crippen molar-refractivity contribution in [2.45, 2.75) is 12.8 Å². The van der Waals surface area contributed by atoms with Gasteiger partial charge in [0.05, 0.1) is 16.3 Å². The Labute approximate surface area is 116 Å². The molecule has 2 heterocycles. The maximum Gasteiger partial charge on any atom is 0.186 e. The van der Waals surface area contributed by atoms with Gasteiger partial charge in [-0.25, -0.2) is 18.2 Å². The van der Waals surface area contributed by atoms with Crippen LogP contribution in [-0.4, -0.2) is 23.5 Å². The molecule has 0 fully saturated rings. The first kappa shape index (κ1) is 13.2. The van der Waals surface area contributed by atoms with Crippen molar-refractivity contribution >= 4 is 33.6 Å². The summed E-state index contributed by atoms with van der Waals surface area (Å²) >= 11 is 0.953. The largest absolute Gasteiger partial charge is 0.297 e. The minimum absolute atomic E-state index is 0.0149. The van der Waals surface area contributed by atoms with Gasteiger partial charge in [-0.15, -0.1) is 11.3 Å². The van der Waals surface area contributed by atoms with Crippen molar-refractivity contribution in [2.24, 2.45) is 10.9 Å². The number of halogens is 3. The minimum atomic E-state index is -1.26. The van der Waals surface area contributed by atoms with Gasteiger partial charge in [0.1, 0.15) is 11.3 Å². The zero-order valence-electron chi connectivity index (χ0n) is 10.2. The predicted octanol–water partition coefficient (Wildman–Crippen LogP) is 2.92. The predicted molar refractivity (Wildman–Crippen MR) is 69.7 cm³/mol. The lowest BCUT2D eigenvalue weighted by atomic mass is 9.95. The highest BCUT2D eigenvalue weighted by molar-refractivity contribution is 7.18. The molecule has 0 bridgehead atoms. The summed E-state index contributed by atoms with van der Waals surface area (Å²) in [6, 6.07) is 0.512. The molecule has 1 aromatic heterocycles.